The summed E-state index contributed by atoms with van der Waals surface area (Å²) in [5.74, 6) is -0.640. The largest absolute Gasteiger partial charge is 0.480 e. The Labute approximate surface area is 193 Å². The molecule has 1 fully saturated rings. The monoisotopic (exact) mass is 462 g/mol. The van der Waals surface area contributed by atoms with Gasteiger partial charge in [0.05, 0.1) is 23.2 Å². The first-order valence-electron chi connectivity index (χ1n) is 10.9. The average molecular weight is 463 g/mol. The van der Waals surface area contributed by atoms with Crippen LogP contribution in [-0.2, 0) is 0 Å². The lowest BCUT2D eigenvalue weighted by Crippen LogP contribution is -2.34. The molecule has 0 saturated heterocycles. The van der Waals surface area contributed by atoms with Gasteiger partial charge in [-0.2, -0.15) is 0 Å². The molecule has 0 amide bonds. The maximum atomic E-state index is 13.4. The van der Waals surface area contributed by atoms with Crippen molar-refractivity contribution in [2.24, 2.45) is 5.41 Å². The summed E-state index contributed by atoms with van der Waals surface area (Å²) in [5.41, 5.74) is 5.21. The minimum Gasteiger partial charge on any atom is -0.480 e. The maximum Gasteiger partial charge on any atom is 0.341 e. The third kappa shape index (κ3) is 2.97. The van der Waals surface area contributed by atoms with Crippen molar-refractivity contribution >= 4 is 28.3 Å². The summed E-state index contributed by atoms with van der Waals surface area (Å²) in [4.78, 5) is 29.8. The van der Waals surface area contributed by atoms with Crippen molar-refractivity contribution in [1.29, 1.82) is 0 Å². The summed E-state index contributed by atoms with van der Waals surface area (Å²) in [5, 5.41) is 12.6. The van der Waals surface area contributed by atoms with Crippen molar-refractivity contribution < 1.29 is 19.1 Å². The van der Waals surface area contributed by atoms with Gasteiger partial charge in [0.25, 0.3) is 5.56 Å². The van der Waals surface area contributed by atoms with Crippen LogP contribution in [0.1, 0.15) is 61.7 Å². The van der Waals surface area contributed by atoms with Crippen LogP contribution in [0.3, 0.4) is 0 Å². The number of benzene rings is 1. The summed E-state index contributed by atoms with van der Waals surface area (Å²) in [7, 11) is 0. The number of aromatic nitrogens is 2. The van der Waals surface area contributed by atoms with Crippen molar-refractivity contribution in [2.45, 2.75) is 45.8 Å². The van der Waals surface area contributed by atoms with Crippen LogP contribution in [-0.4, -0.2) is 20.6 Å². The van der Waals surface area contributed by atoms with Crippen LogP contribution in [0.2, 0.25) is 0 Å². The second kappa shape index (κ2) is 6.81. The van der Waals surface area contributed by atoms with Crippen LogP contribution in [0, 0.1) is 5.41 Å². The highest BCUT2D eigenvalue weighted by atomic mass is 32.1. The predicted molar refractivity (Wildman–Crippen MR) is 125 cm³/mol. The van der Waals surface area contributed by atoms with E-state index in [1.807, 2.05) is 38.3 Å². The minimum atomic E-state index is -1.22. The van der Waals surface area contributed by atoms with Gasteiger partial charge in [0.1, 0.15) is 11.7 Å². The number of furan rings is 1. The molecule has 0 spiro atoms. The fourth-order valence-corrected chi connectivity index (χ4v) is 5.31. The Kier molecular flexibility index (Phi) is 4.17. The molecule has 4 aromatic rings. The van der Waals surface area contributed by atoms with Gasteiger partial charge in [-0.25, -0.2) is 9.78 Å². The highest BCUT2D eigenvalue weighted by Gasteiger charge is 2.42. The molecule has 168 valence electrons. The number of hydrogen-bond acceptors (Lipinski definition) is 6. The van der Waals surface area contributed by atoms with Crippen molar-refractivity contribution in [3.8, 4) is 28.3 Å². The quantitative estimate of drug-likeness (QED) is 0.407. The van der Waals surface area contributed by atoms with Crippen LogP contribution in [0.25, 0.3) is 33.5 Å². The average Bonchev–Trinajstić information content (AvgIpc) is 3.23. The fraction of sp³-hybridized carbons (Fsp3) is 0.320. The van der Waals surface area contributed by atoms with Gasteiger partial charge in [-0.15, -0.1) is 11.3 Å². The molecule has 0 unspecified atom stereocenters. The molecule has 0 bridgehead atoms. The maximum absolute atomic E-state index is 13.4. The Hall–Kier alpha value is -3.39. The van der Waals surface area contributed by atoms with E-state index in [9.17, 15) is 14.7 Å². The normalized spacial score (nSPS) is 17.5. The third-order valence-corrected chi connectivity index (χ3v) is 6.96. The molecule has 4 heterocycles. The summed E-state index contributed by atoms with van der Waals surface area (Å²) in [6.07, 6.45) is 2.86. The summed E-state index contributed by atoms with van der Waals surface area (Å²) in [6, 6.07) is 5.38. The molecule has 1 aromatic carbocycles. The molecule has 8 heteroatoms. The van der Waals surface area contributed by atoms with E-state index in [1.165, 1.54) is 17.4 Å². The molecule has 1 N–H and O–H groups in total. The minimum absolute atomic E-state index is 0.0212. The highest BCUT2D eigenvalue weighted by Crippen LogP contribution is 2.54. The van der Waals surface area contributed by atoms with E-state index in [1.54, 1.807) is 16.3 Å². The van der Waals surface area contributed by atoms with E-state index < -0.39 is 17.6 Å². The standard InChI is InChI=1S/C25H22N2O5S/c1-25(2,3)22-16-9-17(24(29)30)23(28)27(12-4-5-12)19(16)15-8-14(18-10-33-11-26-18)13-6-7-31-20(13)21(15)32-22/h6-12,22H,4-5H2,1-3H3,(H,29,30)/t22-/m1/s1. The van der Waals surface area contributed by atoms with Crippen LogP contribution >= 0.6 is 11.3 Å². The molecule has 6 rings (SSSR count). The molecule has 1 saturated carbocycles. The number of hydrogen-bond donors (Lipinski definition) is 1. The Morgan fingerprint density at radius 2 is 2.03 bits per heavy atom. The van der Waals surface area contributed by atoms with Gasteiger partial charge < -0.3 is 18.8 Å². The van der Waals surface area contributed by atoms with Crippen molar-refractivity contribution in [3.05, 3.63) is 56.8 Å². The van der Waals surface area contributed by atoms with Crippen molar-refractivity contribution in [2.75, 3.05) is 0 Å². The van der Waals surface area contributed by atoms with E-state index in [0.29, 0.717) is 16.9 Å². The summed E-state index contributed by atoms with van der Waals surface area (Å²) < 4.78 is 14.2. The molecule has 1 atom stereocenters. The van der Waals surface area contributed by atoms with Crippen molar-refractivity contribution in [1.82, 2.24) is 9.55 Å². The zero-order valence-electron chi connectivity index (χ0n) is 18.4. The lowest BCUT2D eigenvalue weighted by Gasteiger charge is -2.38. The smallest absolute Gasteiger partial charge is 0.341 e. The molecule has 7 nitrogen and oxygen atoms in total. The molecule has 33 heavy (non-hydrogen) atoms. The zero-order valence-corrected chi connectivity index (χ0v) is 19.2. The number of pyridine rings is 1. The Bertz CT molecular complexity index is 1490. The molecule has 1 aliphatic heterocycles. The molecule has 3 aromatic heterocycles. The number of rotatable bonds is 3. The number of aromatic carboxylic acids is 1. The van der Waals surface area contributed by atoms with E-state index in [-0.39, 0.29) is 17.0 Å². The molecule has 1 aliphatic carbocycles. The second-order valence-corrected chi connectivity index (χ2v) is 10.5. The Balaban J connectivity index is 1.76. The highest BCUT2D eigenvalue weighted by molar-refractivity contribution is 7.07. The fourth-order valence-electron chi connectivity index (χ4n) is 4.76. The van der Waals surface area contributed by atoms with E-state index >= 15 is 0 Å². The lowest BCUT2D eigenvalue weighted by atomic mass is 9.80. The Morgan fingerprint density at radius 3 is 2.67 bits per heavy atom. The lowest BCUT2D eigenvalue weighted by molar-refractivity contribution is 0.0688. The van der Waals surface area contributed by atoms with E-state index in [4.69, 9.17) is 9.15 Å². The van der Waals surface area contributed by atoms with Gasteiger partial charge in [0, 0.05) is 38.9 Å². The van der Waals surface area contributed by atoms with Gasteiger partial charge in [0.2, 0.25) is 0 Å². The van der Waals surface area contributed by atoms with E-state index in [0.717, 1.165) is 40.7 Å². The topological polar surface area (TPSA) is 94.6 Å². The van der Waals surface area contributed by atoms with Crippen LogP contribution in [0.15, 0.2) is 44.6 Å². The summed E-state index contributed by atoms with van der Waals surface area (Å²) >= 11 is 1.50. The predicted octanol–water partition coefficient (Wildman–Crippen LogP) is 5.90. The van der Waals surface area contributed by atoms with Gasteiger partial charge in [-0.05, 0) is 31.0 Å². The molecular weight excluding hydrogens is 440 g/mol. The first kappa shape index (κ1) is 20.2. The molecule has 2 aliphatic rings. The SMILES string of the molecule is CC(C)(C)[C@@H]1Oc2c(cc(-c3cscn3)c3ccoc23)-c2c1cc(C(=O)O)c(=O)n2C1CC1. The number of fused-ring (bicyclic) bond motifs is 5. The number of thiazole rings is 1. The number of ether oxygens (including phenoxy) is 1. The number of nitrogens with zero attached hydrogens (tertiary/aromatic N) is 2. The number of carbonyl (C=O) groups is 1. The van der Waals surface area contributed by atoms with Gasteiger partial charge in [-0.1, -0.05) is 20.8 Å². The van der Waals surface area contributed by atoms with Crippen LogP contribution < -0.4 is 10.3 Å². The van der Waals surface area contributed by atoms with E-state index in [2.05, 4.69) is 4.98 Å². The number of carboxylic acids is 1. The zero-order chi connectivity index (χ0) is 23.1. The third-order valence-electron chi connectivity index (χ3n) is 6.37. The van der Waals surface area contributed by atoms with Gasteiger partial charge >= 0.3 is 5.97 Å². The molecule has 0 radical (unpaired) electrons. The van der Waals surface area contributed by atoms with Crippen LogP contribution in [0.4, 0.5) is 0 Å². The van der Waals surface area contributed by atoms with Crippen molar-refractivity contribution in [3.63, 3.8) is 0 Å². The Morgan fingerprint density at radius 1 is 1.24 bits per heavy atom. The number of carboxylic acid groups (broad SMARTS) is 1. The van der Waals surface area contributed by atoms with Gasteiger partial charge in [0.15, 0.2) is 11.3 Å². The van der Waals surface area contributed by atoms with Crippen LogP contribution in [0.5, 0.6) is 5.75 Å². The van der Waals surface area contributed by atoms with Gasteiger partial charge in [-0.3, -0.25) is 4.79 Å². The first-order valence-corrected chi connectivity index (χ1v) is 11.8. The second-order valence-electron chi connectivity index (χ2n) is 9.78. The summed E-state index contributed by atoms with van der Waals surface area (Å²) in [6.45, 7) is 6.13. The molecular formula is C25H22N2O5S. The first-order chi connectivity index (χ1) is 15.8.